The standard InChI is InChI=1S/C18H17N5O3/c19-22-9-12-1-2-14-8-15(4-3-13(14)7-12)26-18(24)17-6-5-16(25-17)10-21-11-23-20/h1-9,11H,10,19-20H2,(H,21,23)/b22-9+. The fraction of sp³-hybridized carbons (Fsp3) is 0.0556. The van der Waals surface area contributed by atoms with Crippen molar-refractivity contribution in [3.05, 3.63) is 65.6 Å². The lowest BCUT2D eigenvalue weighted by Gasteiger charge is -2.05. The molecular formula is C18H17N5O3. The van der Waals surface area contributed by atoms with Gasteiger partial charge in [-0.1, -0.05) is 18.2 Å². The molecule has 0 fully saturated rings. The monoisotopic (exact) mass is 351 g/mol. The van der Waals surface area contributed by atoms with Crippen LogP contribution in [-0.2, 0) is 6.54 Å². The van der Waals surface area contributed by atoms with Crippen molar-refractivity contribution in [2.75, 3.05) is 0 Å². The minimum atomic E-state index is -0.580. The quantitative estimate of drug-likeness (QED) is 0.155. The summed E-state index contributed by atoms with van der Waals surface area (Å²) in [6.07, 6.45) is 2.90. The Morgan fingerprint density at radius 1 is 1.15 bits per heavy atom. The Kier molecular flexibility index (Phi) is 5.25. The van der Waals surface area contributed by atoms with Gasteiger partial charge in [0.25, 0.3) is 0 Å². The minimum absolute atomic E-state index is 0.102. The molecule has 0 saturated heterocycles. The third-order valence-corrected chi connectivity index (χ3v) is 3.55. The molecule has 0 aliphatic carbocycles. The van der Waals surface area contributed by atoms with Crippen molar-refractivity contribution < 1.29 is 13.9 Å². The van der Waals surface area contributed by atoms with Crippen LogP contribution >= 0.6 is 0 Å². The van der Waals surface area contributed by atoms with Crippen molar-refractivity contribution >= 4 is 29.3 Å². The number of hydrazine groups is 1. The molecule has 0 aliphatic rings. The number of carbonyl (C=O) groups excluding carboxylic acids is 1. The van der Waals surface area contributed by atoms with Crippen LogP contribution in [0.3, 0.4) is 0 Å². The average Bonchev–Trinajstić information content (AvgIpc) is 3.11. The maximum absolute atomic E-state index is 12.2. The van der Waals surface area contributed by atoms with Gasteiger partial charge in [0.05, 0.1) is 19.1 Å². The molecule has 0 unspecified atom stereocenters. The van der Waals surface area contributed by atoms with Gasteiger partial charge in [-0.05, 0) is 46.7 Å². The highest BCUT2D eigenvalue weighted by Gasteiger charge is 2.14. The lowest BCUT2D eigenvalue weighted by Crippen LogP contribution is -2.19. The highest BCUT2D eigenvalue weighted by atomic mass is 16.5. The predicted octanol–water partition coefficient (Wildman–Crippen LogP) is 1.94. The first kappa shape index (κ1) is 17.2. The second-order valence-corrected chi connectivity index (χ2v) is 5.34. The number of aliphatic imine (C=N–C) groups is 1. The number of carbonyl (C=O) groups is 1. The summed E-state index contributed by atoms with van der Waals surface area (Å²) in [6, 6.07) is 14.3. The zero-order chi connectivity index (χ0) is 18.4. The highest BCUT2D eigenvalue weighted by Crippen LogP contribution is 2.23. The van der Waals surface area contributed by atoms with Gasteiger partial charge in [-0.25, -0.2) is 10.6 Å². The number of nitrogens with one attached hydrogen (secondary N) is 1. The summed E-state index contributed by atoms with van der Waals surface area (Å²) in [6.45, 7) is 0.266. The summed E-state index contributed by atoms with van der Waals surface area (Å²) in [7, 11) is 0. The Labute approximate surface area is 149 Å². The maximum Gasteiger partial charge on any atom is 0.379 e. The third-order valence-electron chi connectivity index (χ3n) is 3.55. The van der Waals surface area contributed by atoms with E-state index in [1.54, 1.807) is 30.5 Å². The summed E-state index contributed by atoms with van der Waals surface area (Å²) >= 11 is 0. The zero-order valence-electron chi connectivity index (χ0n) is 13.8. The fourth-order valence-electron chi connectivity index (χ4n) is 2.39. The molecule has 3 aromatic rings. The van der Waals surface area contributed by atoms with Gasteiger partial charge >= 0.3 is 5.97 Å². The second kappa shape index (κ2) is 7.95. The van der Waals surface area contributed by atoms with Gasteiger partial charge < -0.3 is 20.4 Å². The Morgan fingerprint density at radius 2 is 1.96 bits per heavy atom. The van der Waals surface area contributed by atoms with Crippen LogP contribution in [0.5, 0.6) is 5.75 Å². The molecule has 0 atom stereocenters. The lowest BCUT2D eigenvalue weighted by atomic mass is 10.1. The number of nitrogens with two attached hydrogens (primary N) is 2. The molecule has 26 heavy (non-hydrogen) atoms. The first-order chi connectivity index (χ1) is 12.7. The number of benzene rings is 2. The van der Waals surface area contributed by atoms with Gasteiger partial charge in [-0.3, -0.25) is 4.99 Å². The molecule has 0 bridgehead atoms. The summed E-state index contributed by atoms with van der Waals surface area (Å²) in [5.74, 6) is 10.7. The van der Waals surface area contributed by atoms with Crippen molar-refractivity contribution in [3.63, 3.8) is 0 Å². The van der Waals surface area contributed by atoms with E-state index in [4.69, 9.17) is 20.8 Å². The molecule has 1 aromatic heterocycles. The van der Waals surface area contributed by atoms with E-state index in [-0.39, 0.29) is 12.3 Å². The first-order valence-corrected chi connectivity index (χ1v) is 7.72. The number of esters is 1. The molecule has 0 aliphatic heterocycles. The number of ether oxygens (including phenoxy) is 1. The average molecular weight is 351 g/mol. The Morgan fingerprint density at radius 3 is 2.77 bits per heavy atom. The van der Waals surface area contributed by atoms with Crippen LogP contribution in [-0.4, -0.2) is 18.5 Å². The smallest absolute Gasteiger partial charge is 0.379 e. The van der Waals surface area contributed by atoms with E-state index in [9.17, 15) is 4.79 Å². The van der Waals surface area contributed by atoms with E-state index in [2.05, 4.69) is 15.5 Å². The van der Waals surface area contributed by atoms with E-state index >= 15 is 0 Å². The van der Waals surface area contributed by atoms with Crippen LogP contribution < -0.4 is 21.8 Å². The number of rotatable bonds is 6. The molecule has 0 radical (unpaired) electrons. The van der Waals surface area contributed by atoms with Crippen molar-refractivity contribution in [1.82, 2.24) is 5.43 Å². The van der Waals surface area contributed by atoms with Gasteiger partial charge in [0.2, 0.25) is 5.76 Å². The van der Waals surface area contributed by atoms with Crippen molar-refractivity contribution in [1.29, 1.82) is 0 Å². The first-order valence-electron chi connectivity index (χ1n) is 7.72. The van der Waals surface area contributed by atoms with Gasteiger partial charge in [0, 0.05) is 0 Å². The van der Waals surface area contributed by atoms with Gasteiger partial charge in [-0.2, -0.15) is 5.10 Å². The van der Waals surface area contributed by atoms with Crippen LogP contribution in [0, 0.1) is 0 Å². The number of hydrogen-bond donors (Lipinski definition) is 3. The predicted molar refractivity (Wildman–Crippen MR) is 98.9 cm³/mol. The number of furan rings is 1. The van der Waals surface area contributed by atoms with Crippen molar-refractivity contribution in [2.45, 2.75) is 6.54 Å². The SMILES string of the molecule is N/N=C/c1ccc2cc(OC(=O)c3ccc(CN=CNN)o3)ccc2c1. The van der Waals surface area contributed by atoms with Crippen LogP contribution in [0.1, 0.15) is 21.9 Å². The Balaban J connectivity index is 1.72. The summed E-state index contributed by atoms with van der Waals surface area (Å²) in [5, 5.41) is 5.41. The maximum atomic E-state index is 12.2. The molecule has 2 aromatic carbocycles. The fourth-order valence-corrected chi connectivity index (χ4v) is 2.39. The van der Waals surface area contributed by atoms with Gasteiger partial charge in [0.15, 0.2) is 0 Å². The molecule has 0 amide bonds. The molecular weight excluding hydrogens is 334 g/mol. The normalized spacial score (nSPS) is 11.4. The summed E-state index contributed by atoms with van der Waals surface area (Å²) in [4.78, 5) is 16.2. The van der Waals surface area contributed by atoms with E-state index < -0.39 is 5.97 Å². The van der Waals surface area contributed by atoms with Crippen molar-refractivity contribution in [3.8, 4) is 5.75 Å². The van der Waals surface area contributed by atoms with E-state index in [0.29, 0.717) is 11.5 Å². The molecule has 0 saturated carbocycles. The molecule has 8 heteroatoms. The molecule has 0 spiro atoms. The molecule has 3 rings (SSSR count). The van der Waals surface area contributed by atoms with Crippen LogP contribution in [0.4, 0.5) is 0 Å². The van der Waals surface area contributed by atoms with Gasteiger partial charge in [-0.15, -0.1) is 0 Å². The Hall–Kier alpha value is -3.65. The van der Waals surface area contributed by atoms with E-state index in [0.717, 1.165) is 16.3 Å². The largest absolute Gasteiger partial charge is 0.452 e. The molecule has 5 N–H and O–H groups in total. The highest BCUT2D eigenvalue weighted by molar-refractivity contribution is 5.92. The Bertz CT molecular complexity index is 978. The van der Waals surface area contributed by atoms with E-state index in [1.807, 2.05) is 24.3 Å². The van der Waals surface area contributed by atoms with Crippen LogP contribution in [0.15, 0.2) is 63.0 Å². The lowest BCUT2D eigenvalue weighted by molar-refractivity contribution is 0.0699. The summed E-state index contributed by atoms with van der Waals surface area (Å²) in [5.41, 5.74) is 3.18. The van der Waals surface area contributed by atoms with E-state index in [1.165, 1.54) is 6.34 Å². The van der Waals surface area contributed by atoms with Gasteiger partial charge in [0.1, 0.15) is 11.5 Å². The topological polar surface area (TPSA) is 128 Å². The number of fused-ring (bicyclic) bond motifs is 1. The number of hydrogen-bond acceptors (Lipinski definition) is 7. The van der Waals surface area contributed by atoms with Crippen LogP contribution in [0.25, 0.3) is 10.8 Å². The minimum Gasteiger partial charge on any atom is -0.452 e. The number of nitrogens with zero attached hydrogens (tertiary/aromatic N) is 2. The molecule has 8 nitrogen and oxygen atoms in total. The number of hydrazone groups is 1. The van der Waals surface area contributed by atoms with Crippen LogP contribution in [0.2, 0.25) is 0 Å². The van der Waals surface area contributed by atoms with Crippen molar-refractivity contribution in [2.24, 2.45) is 21.8 Å². The summed E-state index contributed by atoms with van der Waals surface area (Å²) < 4.78 is 10.8. The molecule has 1 heterocycles. The third kappa shape index (κ3) is 4.05. The second-order valence-electron chi connectivity index (χ2n) is 5.34. The molecule has 132 valence electrons. The zero-order valence-corrected chi connectivity index (χ0v) is 13.8.